The Balaban J connectivity index is 1.24. The van der Waals surface area contributed by atoms with Crippen molar-refractivity contribution in [2.75, 3.05) is 16.4 Å². The standard InChI is InChI=1S/C34H28N4O4S/c1-22(39)23-11-13-26(14-12-23)36-32(40)21-43-28-17-15-27(16-18-28)37-34(42)31(38-33(41)24-7-3-2-4-8-24)19-25-20-35-30-10-6-5-9-29(25)30/h2-20,35H,21H2,1H3,(H,36,40)(H,37,42)(H,38,41)/b31-19-. The second kappa shape index (κ2) is 13.5. The number of ketones is 1. The number of Topliss-reactive ketones (excluding diaryl/α,β-unsaturated/α-hetero) is 1. The van der Waals surface area contributed by atoms with Crippen molar-refractivity contribution in [3.63, 3.8) is 0 Å². The first kappa shape index (κ1) is 29.1. The van der Waals surface area contributed by atoms with Crippen molar-refractivity contribution in [3.05, 3.63) is 132 Å². The third-order valence-electron chi connectivity index (χ3n) is 6.51. The van der Waals surface area contributed by atoms with Crippen molar-refractivity contribution in [2.45, 2.75) is 11.8 Å². The molecule has 0 unspecified atom stereocenters. The van der Waals surface area contributed by atoms with Crippen molar-refractivity contribution >= 4 is 63.6 Å². The molecule has 9 heteroatoms. The van der Waals surface area contributed by atoms with Gasteiger partial charge in [0.2, 0.25) is 5.91 Å². The van der Waals surface area contributed by atoms with Gasteiger partial charge in [-0.2, -0.15) is 0 Å². The summed E-state index contributed by atoms with van der Waals surface area (Å²) in [7, 11) is 0. The van der Waals surface area contributed by atoms with Gasteiger partial charge in [0.15, 0.2) is 5.78 Å². The Morgan fingerprint density at radius 1 is 0.744 bits per heavy atom. The number of hydrogen-bond acceptors (Lipinski definition) is 5. The van der Waals surface area contributed by atoms with Crippen molar-refractivity contribution in [1.82, 2.24) is 10.3 Å². The van der Waals surface area contributed by atoms with Crippen LogP contribution in [0.15, 0.2) is 120 Å². The number of carbonyl (C=O) groups excluding carboxylic acids is 4. The van der Waals surface area contributed by atoms with E-state index in [1.165, 1.54) is 18.7 Å². The lowest BCUT2D eigenvalue weighted by Crippen LogP contribution is -2.30. The number of hydrogen-bond donors (Lipinski definition) is 4. The molecule has 214 valence electrons. The van der Waals surface area contributed by atoms with Crippen molar-refractivity contribution in [2.24, 2.45) is 0 Å². The molecule has 3 amide bonds. The minimum absolute atomic E-state index is 0.0356. The highest BCUT2D eigenvalue weighted by atomic mass is 32.2. The van der Waals surface area contributed by atoms with Gasteiger partial charge in [-0.3, -0.25) is 19.2 Å². The van der Waals surface area contributed by atoms with Crippen LogP contribution in [0.1, 0.15) is 33.2 Å². The molecular formula is C34H28N4O4S. The molecule has 0 saturated carbocycles. The summed E-state index contributed by atoms with van der Waals surface area (Å²) in [4.78, 5) is 54.2. The highest BCUT2D eigenvalue weighted by Gasteiger charge is 2.16. The van der Waals surface area contributed by atoms with Crippen LogP contribution in [0.4, 0.5) is 11.4 Å². The minimum atomic E-state index is -0.481. The van der Waals surface area contributed by atoms with Crippen molar-refractivity contribution < 1.29 is 19.2 Å². The molecule has 0 aliphatic carbocycles. The van der Waals surface area contributed by atoms with Gasteiger partial charge in [-0.15, -0.1) is 11.8 Å². The average Bonchev–Trinajstić information content (AvgIpc) is 3.43. The molecule has 5 aromatic rings. The van der Waals surface area contributed by atoms with Crippen LogP contribution in [-0.2, 0) is 9.59 Å². The Morgan fingerprint density at radius 3 is 2.12 bits per heavy atom. The summed E-state index contributed by atoms with van der Waals surface area (Å²) in [5, 5.41) is 9.34. The predicted molar refractivity (Wildman–Crippen MR) is 171 cm³/mol. The van der Waals surface area contributed by atoms with E-state index >= 15 is 0 Å². The Labute approximate surface area is 252 Å². The van der Waals surface area contributed by atoms with E-state index in [0.717, 1.165) is 21.4 Å². The van der Waals surface area contributed by atoms with Crippen molar-refractivity contribution in [1.29, 1.82) is 0 Å². The van der Waals surface area contributed by atoms with E-state index in [9.17, 15) is 19.2 Å². The third kappa shape index (κ3) is 7.66. The zero-order valence-corrected chi connectivity index (χ0v) is 24.0. The number of H-pyrrole nitrogens is 1. The van der Waals surface area contributed by atoms with Crippen LogP contribution >= 0.6 is 11.8 Å². The quantitative estimate of drug-likeness (QED) is 0.0842. The molecule has 43 heavy (non-hydrogen) atoms. The normalized spacial score (nSPS) is 11.1. The molecule has 0 aliphatic heterocycles. The van der Waals surface area contributed by atoms with E-state index in [0.29, 0.717) is 22.5 Å². The van der Waals surface area contributed by atoms with E-state index in [4.69, 9.17) is 0 Å². The molecule has 1 aromatic heterocycles. The zero-order valence-electron chi connectivity index (χ0n) is 23.2. The maximum absolute atomic E-state index is 13.4. The number of anilines is 2. The van der Waals surface area contributed by atoms with Gasteiger partial charge in [0.1, 0.15) is 5.70 Å². The first-order valence-electron chi connectivity index (χ1n) is 13.4. The monoisotopic (exact) mass is 588 g/mol. The predicted octanol–water partition coefficient (Wildman–Crippen LogP) is 6.51. The summed E-state index contributed by atoms with van der Waals surface area (Å²) in [6.45, 7) is 1.49. The number of amides is 3. The molecule has 8 nitrogen and oxygen atoms in total. The summed E-state index contributed by atoms with van der Waals surface area (Å²) in [5.41, 5.74) is 3.92. The minimum Gasteiger partial charge on any atom is -0.361 e. The van der Waals surface area contributed by atoms with E-state index in [1.807, 2.05) is 30.3 Å². The molecule has 0 atom stereocenters. The van der Waals surface area contributed by atoms with Gasteiger partial charge in [0.05, 0.1) is 5.75 Å². The van der Waals surface area contributed by atoms with E-state index in [-0.39, 0.29) is 23.1 Å². The molecule has 0 fully saturated rings. The highest BCUT2D eigenvalue weighted by Crippen LogP contribution is 2.23. The number of aromatic nitrogens is 1. The zero-order chi connectivity index (χ0) is 30.2. The molecule has 0 radical (unpaired) electrons. The highest BCUT2D eigenvalue weighted by molar-refractivity contribution is 8.00. The lowest BCUT2D eigenvalue weighted by atomic mass is 10.1. The number of rotatable bonds is 10. The van der Waals surface area contributed by atoms with E-state index < -0.39 is 11.8 Å². The van der Waals surface area contributed by atoms with Gasteiger partial charge in [-0.1, -0.05) is 36.4 Å². The van der Waals surface area contributed by atoms with Crippen LogP contribution in [0.5, 0.6) is 0 Å². The second-order valence-electron chi connectivity index (χ2n) is 9.62. The number of fused-ring (bicyclic) bond motifs is 1. The van der Waals surface area contributed by atoms with Crippen LogP contribution in [0.3, 0.4) is 0 Å². The fraction of sp³-hybridized carbons (Fsp3) is 0.0588. The molecule has 4 N–H and O–H groups in total. The maximum Gasteiger partial charge on any atom is 0.272 e. The largest absolute Gasteiger partial charge is 0.361 e. The summed E-state index contributed by atoms with van der Waals surface area (Å²) in [5.74, 6) is -0.916. The Bertz CT molecular complexity index is 1810. The summed E-state index contributed by atoms with van der Waals surface area (Å²) < 4.78 is 0. The first-order chi connectivity index (χ1) is 20.9. The lowest BCUT2D eigenvalue weighted by molar-refractivity contribution is -0.114. The number of thioether (sulfide) groups is 1. The molecule has 0 aliphatic rings. The molecule has 5 rings (SSSR count). The van der Waals surface area contributed by atoms with Crippen LogP contribution in [-0.4, -0.2) is 34.2 Å². The van der Waals surface area contributed by atoms with Crippen molar-refractivity contribution in [3.8, 4) is 0 Å². The smallest absolute Gasteiger partial charge is 0.272 e. The first-order valence-corrected chi connectivity index (χ1v) is 14.4. The number of nitrogens with one attached hydrogen (secondary N) is 4. The molecule has 1 heterocycles. The molecule has 4 aromatic carbocycles. The van der Waals surface area contributed by atoms with Gasteiger partial charge >= 0.3 is 0 Å². The molecule has 0 spiro atoms. The molecule has 0 bridgehead atoms. The van der Waals surface area contributed by atoms with Gasteiger partial charge in [-0.05, 0) is 79.7 Å². The van der Waals surface area contributed by atoms with E-state index in [2.05, 4.69) is 20.9 Å². The topological polar surface area (TPSA) is 120 Å². The summed E-state index contributed by atoms with van der Waals surface area (Å²) in [6, 6.07) is 30.2. The Morgan fingerprint density at radius 2 is 1.40 bits per heavy atom. The van der Waals surface area contributed by atoms with Crippen LogP contribution in [0.2, 0.25) is 0 Å². The molecular weight excluding hydrogens is 560 g/mol. The van der Waals surface area contributed by atoms with Gasteiger partial charge < -0.3 is 20.9 Å². The van der Waals surface area contributed by atoms with E-state index in [1.54, 1.807) is 85.1 Å². The van der Waals surface area contributed by atoms with Crippen LogP contribution in [0, 0.1) is 0 Å². The number of aromatic amines is 1. The second-order valence-corrected chi connectivity index (χ2v) is 10.7. The molecule has 0 saturated heterocycles. The van der Waals surface area contributed by atoms with Gasteiger partial charge in [0.25, 0.3) is 11.8 Å². The van der Waals surface area contributed by atoms with Gasteiger partial charge in [-0.25, -0.2) is 0 Å². The van der Waals surface area contributed by atoms with Gasteiger partial charge in [0, 0.05) is 50.1 Å². The SMILES string of the molecule is CC(=O)c1ccc(NC(=O)CSc2ccc(NC(=O)/C(=C/c3c[nH]c4ccccc34)NC(=O)c3ccccc3)cc2)cc1. The third-order valence-corrected chi connectivity index (χ3v) is 7.52. The Hall–Kier alpha value is -5.41. The maximum atomic E-state index is 13.4. The lowest BCUT2D eigenvalue weighted by Gasteiger charge is -2.12. The Kier molecular flexibility index (Phi) is 9.14. The number of benzene rings is 4. The fourth-order valence-corrected chi connectivity index (χ4v) is 4.98. The number of carbonyl (C=O) groups is 4. The summed E-state index contributed by atoms with van der Waals surface area (Å²) >= 11 is 1.35. The van der Waals surface area contributed by atoms with Crippen LogP contribution < -0.4 is 16.0 Å². The summed E-state index contributed by atoms with van der Waals surface area (Å²) in [6.07, 6.45) is 3.43. The number of para-hydroxylation sites is 1. The average molecular weight is 589 g/mol. The fourth-order valence-electron chi connectivity index (χ4n) is 4.28. The van der Waals surface area contributed by atoms with Crippen LogP contribution in [0.25, 0.3) is 17.0 Å².